The summed E-state index contributed by atoms with van der Waals surface area (Å²) in [6, 6.07) is 16.6. The molecule has 1 saturated heterocycles. The van der Waals surface area contributed by atoms with Gasteiger partial charge in [-0.1, -0.05) is 29.8 Å². The molecule has 180 valence electrons. The van der Waals surface area contributed by atoms with Gasteiger partial charge in [0.2, 0.25) is 0 Å². The van der Waals surface area contributed by atoms with E-state index in [1.807, 2.05) is 24.4 Å². The topological polar surface area (TPSA) is 31.4 Å². The Hall–Kier alpha value is -2.89. The molecule has 2 aliphatic rings. The zero-order valence-electron chi connectivity index (χ0n) is 21.1. The summed E-state index contributed by atoms with van der Waals surface area (Å²) in [7, 11) is 2.13. The second-order valence-corrected chi connectivity index (χ2v) is 11.0. The first-order valence-corrected chi connectivity index (χ1v) is 12.7. The van der Waals surface area contributed by atoms with Crippen LogP contribution >= 0.6 is 23.8 Å². The van der Waals surface area contributed by atoms with Crippen LogP contribution in [0.25, 0.3) is 5.57 Å². The fourth-order valence-corrected chi connectivity index (χ4v) is 5.85. The second kappa shape index (κ2) is 8.65. The highest BCUT2D eigenvalue weighted by molar-refractivity contribution is 7.80. The minimum absolute atomic E-state index is 0.0830. The van der Waals surface area contributed by atoms with Crippen molar-refractivity contribution in [2.75, 3.05) is 16.8 Å². The fraction of sp³-hybridized carbons (Fsp3) is 0.310. The van der Waals surface area contributed by atoms with Crippen molar-refractivity contribution in [3.8, 4) is 0 Å². The Morgan fingerprint density at radius 2 is 1.80 bits per heavy atom. The average molecular weight is 503 g/mol. The van der Waals surface area contributed by atoms with Crippen molar-refractivity contribution >= 4 is 45.9 Å². The molecule has 3 heterocycles. The van der Waals surface area contributed by atoms with Gasteiger partial charge in [-0.2, -0.15) is 0 Å². The molecule has 35 heavy (non-hydrogen) atoms. The summed E-state index contributed by atoms with van der Waals surface area (Å²) in [5.41, 5.74) is 9.01. The fourth-order valence-electron chi connectivity index (χ4n) is 5.24. The van der Waals surface area contributed by atoms with Crippen molar-refractivity contribution in [2.45, 2.75) is 52.2 Å². The number of nitrogens with one attached hydrogen (secondary N) is 1. The third-order valence-corrected chi connectivity index (χ3v) is 8.16. The van der Waals surface area contributed by atoms with Gasteiger partial charge >= 0.3 is 0 Å². The Labute approximate surface area is 218 Å². The lowest BCUT2D eigenvalue weighted by Gasteiger charge is -2.41. The predicted octanol–water partition coefficient (Wildman–Crippen LogP) is 7.16. The molecule has 0 bridgehead atoms. The highest BCUT2D eigenvalue weighted by Gasteiger charge is 2.42. The SMILES string of the molecule is CC1=CC(C)(C)N(C)c2cc(Cl)c([C@@H]3[C@@H](c4ccccn4)NC(=S)N3c3ccc(C)c(C)c3)cc21. The summed E-state index contributed by atoms with van der Waals surface area (Å²) in [5.74, 6) is 0. The molecule has 2 aromatic carbocycles. The maximum atomic E-state index is 7.09. The molecule has 0 aliphatic carbocycles. The maximum absolute atomic E-state index is 7.09. The number of anilines is 2. The summed E-state index contributed by atoms with van der Waals surface area (Å²) in [5, 5.41) is 4.96. The number of allylic oxidation sites excluding steroid dienone is 1. The van der Waals surface area contributed by atoms with Gasteiger partial charge in [0.25, 0.3) is 0 Å². The standard InChI is InChI=1S/C29H31ClN4S/c1-17-10-11-20(13-18(17)2)34-27(26(32-28(34)35)24-9-7-8-12-31-24)22-14-21-19(3)16-29(4,5)33(6)25(21)15-23(22)30/h7-16,26-27H,1-6H3,(H,32,35)/t26-,27-/m1/s1. The molecule has 5 rings (SSSR count). The summed E-state index contributed by atoms with van der Waals surface area (Å²) in [6.07, 6.45) is 4.15. The van der Waals surface area contributed by atoms with Crippen molar-refractivity contribution in [1.82, 2.24) is 10.3 Å². The van der Waals surface area contributed by atoms with Crippen molar-refractivity contribution in [3.05, 3.63) is 93.8 Å². The zero-order valence-corrected chi connectivity index (χ0v) is 22.6. The van der Waals surface area contributed by atoms with Crippen LogP contribution in [-0.2, 0) is 0 Å². The van der Waals surface area contributed by atoms with E-state index in [-0.39, 0.29) is 17.6 Å². The first kappa shape index (κ1) is 23.8. The lowest BCUT2D eigenvalue weighted by atomic mass is 9.86. The van der Waals surface area contributed by atoms with Gasteiger partial charge in [0.15, 0.2) is 5.11 Å². The summed E-state index contributed by atoms with van der Waals surface area (Å²) < 4.78 is 0. The highest BCUT2D eigenvalue weighted by atomic mass is 35.5. The number of likely N-dealkylation sites (N-methyl/N-ethyl adjacent to an activating group) is 1. The minimum Gasteiger partial charge on any atom is -0.365 e. The zero-order chi connectivity index (χ0) is 25.1. The molecule has 2 aliphatic heterocycles. The number of halogens is 1. The quantitative estimate of drug-likeness (QED) is 0.384. The molecule has 0 spiro atoms. The number of hydrogen-bond donors (Lipinski definition) is 1. The van der Waals surface area contributed by atoms with Gasteiger partial charge in [0.05, 0.1) is 23.3 Å². The van der Waals surface area contributed by atoms with Gasteiger partial charge in [0, 0.05) is 35.2 Å². The van der Waals surface area contributed by atoms with Crippen LogP contribution in [0.5, 0.6) is 0 Å². The van der Waals surface area contributed by atoms with E-state index in [0.717, 1.165) is 27.7 Å². The largest absolute Gasteiger partial charge is 0.365 e. The molecule has 4 nitrogen and oxygen atoms in total. The van der Waals surface area contributed by atoms with Crippen molar-refractivity contribution in [3.63, 3.8) is 0 Å². The van der Waals surface area contributed by atoms with E-state index in [9.17, 15) is 0 Å². The van der Waals surface area contributed by atoms with Gasteiger partial charge in [0.1, 0.15) is 0 Å². The molecular formula is C29H31ClN4S. The number of fused-ring (bicyclic) bond motifs is 1. The second-order valence-electron chi connectivity index (χ2n) is 10.2. The first-order valence-electron chi connectivity index (χ1n) is 11.9. The Bertz CT molecular complexity index is 1350. The van der Waals surface area contributed by atoms with E-state index < -0.39 is 0 Å². The Balaban J connectivity index is 1.71. The van der Waals surface area contributed by atoms with Crippen LogP contribution in [0, 0.1) is 13.8 Å². The maximum Gasteiger partial charge on any atom is 0.174 e. The van der Waals surface area contributed by atoms with Crippen molar-refractivity contribution in [2.24, 2.45) is 0 Å². The number of aryl methyl sites for hydroxylation is 2. The number of aromatic nitrogens is 1. The predicted molar refractivity (Wildman–Crippen MR) is 151 cm³/mol. The summed E-state index contributed by atoms with van der Waals surface area (Å²) in [6.45, 7) is 10.9. The summed E-state index contributed by atoms with van der Waals surface area (Å²) in [4.78, 5) is 9.17. The van der Waals surface area contributed by atoms with Crippen LogP contribution < -0.4 is 15.1 Å². The molecule has 2 atom stereocenters. The van der Waals surface area contributed by atoms with Crippen LogP contribution in [0.1, 0.15) is 60.8 Å². The minimum atomic E-state index is -0.148. The third kappa shape index (κ3) is 4.01. The number of rotatable bonds is 3. The smallest absolute Gasteiger partial charge is 0.174 e. The molecule has 1 N–H and O–H groups in total. The van der Waals surface area contributed by atoms with Gasteiger partial charge < -0.3 is 15.1 Å². The van der Waals surface area contributed by atoms with E-state index in [2.05, 4.69) is 98.2 Å². The molecule has 6 heteroatoms. The third-order valence-electron chi connectivity index (χ3n) is 7.52. The molecule has 1 aromatic heterocycles. The molecule has 0 amide bonds. The average Bonchev–Trinajstić information content (AvgIpc) is 3.16. The van der Waals surface area contributed by atoms with E-state index in [4.69, 9.17) is 23.8 Å². The molecule has 0 saturated carbocycles. The number of benzene rings is 2. The van der Waals surface area contributed by atoms with Crippen LogP contribution in [-0.4, -0.2) is 22.7 Å². The van der Waals surface area contributed by atoms with Gasteiger partial charge in [-0.25, -0.2) is 0 Å². The highest BCUT2D eigenvalue weighted by Crippen LogP contribution is 2.48. The van der Waals surface area contributed by atoms with Gasteiger partial charge in [-0.3, -0.25) is 4.98 Å². The lowest BCUT2D eigenvalue weighted by Crippen LogP contribution is -2.42. The van der Waals surface area contributed by atoms with Crippen LogP contribution in [0.15, 0.2) is 60.8 Å². The van der Waals surface area contributed by atoms with Gasteiger partial charge in [-0.05, 0) is 105 Å². The van der Waals surface area contributed by atoms with Crippen molar-refractivity contribution in [1.29, 1.82) is 0 Å². The van der Waals surface area contributed by atoms with E-state index >= 15 is 0 Å². The van der Waals surface area contributed by atoms with Gasteiger partial charge in [-0.15, -0.1) is 0 Å². The molecule has 3 aromatic rings. The van der Waals surface area contributed by atoms with Crippen LogP contribution in [0.2, 0.25) is 5.02 Å². The summed E-state index contributed by atoms with van der Waals surface area (Å²) >= 11 is 13.0. The number of pyridine rings is 1. The van der Waals surface area contributed by atoms with Crippen molar-refractivity contribution < 1.29 is 0 Å². The Morgan fingerprint density at radius 1 is 1.03 bits per heavy atom. The van der Waals surface area contributed by atoms with E-state index in [1.54, 1.807) is 0 Å². The van der Waals surface area contributed by atoms with E-state index in [1.165, 1.54) is 22.3 Å². The van der Waals surface area contributed by atoms with Crippen LogP contribution in [0.4, 0.5) is 11.4 Å². The normalized spacial score (nSPS) is 21.0. The van der Waals surface area contributed by atoms with E-state index in [0.29, 0.717) is 5.11 Å². The Kier molecular flexibility index (Phi) is 5.89. The molecular weight excluding hydrogens is 472 g/mol. The Morgan fingerprint density at radius 3 is 2.49 bits per heavy atom. The monoisotopic (exact) mass is 502 g/mol. The first-order chi connectivity index (χ1) is 16.6. The molecule has 0 unspecified atom stereocenters. The lowest BCUT2D eigenvalue weighted by molar-refractivity contribution is 0.567. The molecule has 0 radical (unpaired) electrons. The molecule has 1 fully saturated rings. The number of thiocarbonyl (C=S) groups is 1. The van der Waals surface area contributed by atoms with Crippen LogP contribution in [0.3, 0.4) is 0 Å². The number of hydrogen-bond acceptors (Lipinski definition) is 3. The number of nitrogens with zero attached hydrogens (tertiary/aromatic N) is 3.